The third-order valence-electron chi connectivity index (χ3n) is 5.25. The smallest absolute Gasteiger partial charge is 0.339 e. The first-order valence-corrected chi connectivity index (χ1v) is 13.2. The molecule has 11 heteroatoms. The maximum Gasteiger partial charge on any atom is 0.339 e. The summed E-state index contributed by atoms with van der Waals surface area (Å²) in [6, 6.07) is 19.4. The van der Waals surface area contributed by atoms with E-state index in [9.17, 15) is 22.8 Å². The maximum absolute atomic E-state index is 13.0. The zero-order valence-electron chi connectivity index (χ0n) is 19.8. The van der Waals surface area contributed by atoms with Crippen molar-refractivity contribution in [2.75, 3.05) is 19.0 Å². The lowest BCUT2D eigenvalue weighted by molar-refractivity contribution is -0.127. The van der Waals surface area contributed by atoms with Crippen LogP contribution in [0.1, 0.15) is 11.1 Å². The van der Waals surface area contributed by atoms with Crippen molar-refractivity contribution in [3.63, 3.8) is 0 Å². The number of thioether (sulfide) groups is 1. The highest BCUT2D eigenvalue weighted by atomic mass is 32.2. The van der Waals surface area contributed by atoms with Gasteiger partial charge in [-0.25, -0.2) is 0 Å². The van der Waals surface area contributed by atoms with Crippen molar-refractivity contribution in [3.8, 4) is 11.5 Å². The van der Waals surface area contributed by atoms with Crippen LogP contribution in [0, 0.1) is 6.92 Å². The van der Waals surface area contributed by atoms with Crippen LogP contribution in [0.3, 0.4) is 0 Å². The summed E-state index contributed by atoms with van der Waals surface area (Å²) in [4.78, 5) is 38.6. The van der Waals surface area contributed by atoms with Crippen LogP contribution >= 0.6 is 11.8 Å². The molecule has 1 saturated heterocycles. The molecule has 1 aliphatic rings. The molecule has 1 heterocycles. The first-order chi connectivity index (χ1) is 17.7. The number of benzene rings is 3. The van der Waals surface area contributed by atoms with E-state index in [1.54, 1.807) is 48.5 Å². The number of nitrogens with one attached hydrogen (secondary N) is 1. The van der Waals surface area contributed by atoms with Gasteiger partial charge in [0.25, 0.3) is 11.1 Å². The van der Waals surface area contributed by atoms with Crippen LogP contribution in [-0.4, -0.2) is 44.0 Å². The Hall–Kier alpha value is -4.09. The number of para-hydroxylation sites is 2. The van der Waals surface area contributed by atoms with E-state index in [1.165, 1.54) is 37.5 Å². The van der Waals surface area contributed by atoms with Gasteiger partial charge in [-0.1, -0.05) is 48.0 Å². The first-order valence-electron chi connectivity index (χ1n) is 11.0. The van der Waals surface area contributed by atoms with Gasteiger partial charge in [0.05, 0.1) is 12.0 Å². The van der Waals surface area contributed by atoms with Crippen LogP contribution in [0.4, 0.5) is 10.5 Å². The fourth-order valence-corrected chi connectivity index (χ4v) is 5.19. The Morgan fingerprint density at radius 1 is 1.00 bits per heavy atom. The van der Waals surface area contributed by atoms with Crippen molar-refractivity contribution in [2.24, 2.45) is 0 Å². The number of hydrogen-bond donors (Lipinski definition) is 1. The Kier molecular flexibility index (Phi) is 7.65. The van der Waals surface area contributed by atoms with Crippen molar-refractivity contribution in [3.05, 3.63) is 88.8 Å². The molecule has 1 fully saturated rings. The molecule has 0 spiro atoms. The van der Waals surface area contributed by atoms with Gasteiger partial charge in [0.1, 0.15) is 11.4 Å². The molecule has 3 amide bonds. The molecule has 0 saturated carbocycles. The van der Waals surface area contributed by atoms with E-state index in [1.807, 2.05) is 6.92 Å². The average molecular weight is 539 g/mol. The van der Waals surface area contributed by atoms with E-state index in [0.717, 1.165) is 10.5 Å². The van der Waals surface area contributed by atoms with Gasteiger partial charge in [-0.15, -0.1) is 0 Å². The van der Waals surface area contributed by atoms with Gasteiger partial charge < -0.3 is 14.2 Å². The normalized spacial score (nSPS) is 14.6. The zero-order valence-corrected chi connectivity index (χ0v) is 21.5. The second kappa shape index (κ2) is 10.9. The number of ether oxygens (including phenoxy) is 1. The van der Waals surface area contributed by atoms with Crippen LogP contribution in [-0.2, 0) is 19.7 Å². The summed E-state index contributed by atoms with van der Waals surface area (Å²) in [5.74, 6) is -1.25. The predicted molar refractivity (Wildman–Crippen MR) is 140 cm³/mol. The zero-order chi connectivity index (χ0) is 26.6. The van der Waals surface area contributed by atoms with Gasteiger partial charge in [-0.05, 0) is 55.1 Å². The Balaban J connectivity index is 1.59. The molecule has 37 heavy (non-hydrogen) atoms. The summed E-state index contributed by atoms with van der Waals surface area (Å²) in [5, 5.41) is 2.00. The van der Waals surface area contributed by atoms with E-state index in [0.29, 0.717) is 17.4 Å². The minimum atomic E-state index is -4.23. The Labute approximate surface area is 218 Å². The van der Waals surface area contributed by atoms with E-state index in [-0.39, 0.29) is 26.9 Å². The largest absolute Gasteiger partial charge is 0.493 e. The van der Waals surface area contributed by atoms with Crippen LogP contribution in [0.25, 0.3) is 6.08 Å². The molecule has 0 aliphatic carbocycles. The summed E-state index contributed by atoms with van der Waals surface area (Å²) >= 11 is 0.636. The van der Waals surface area contributed by atoms with E-state index < -0.39 is 33.7 Å². The van der Waals surface area contributed by atoms with E-state index in [4.69, 9.17) is 8.92 Å². The highest BCUT2D eigenvalue weighted by Crippen LogP contribution is 2.38. The number of methoxy groups -OCH3 is 1. The number of carbonyl (C=O) groups excluding carboxylic acids is 3. The third kappa shape index (κ3) is 6.01. The number of amides is 3. The summed E-state index contributed by atoms with van der Waals surface area (Å²) in [7, 11) is -2.88. The van der Waals surface area contributed by atoms with Crippen molar-refractivity contribution >= 4 is 50.7 Å². The average Bonchev–Trinajstić information content (AvgIpc) is 3.13. The monoisotopic (exact) mass is 538 g/mol. The number of rotatable bonds is 8. The quantitative estimate of drug-likeness (QED) is 0.330. The molecule has 1 aliphatic heterocycles. The highest BCUT2D eigenvalue weighted by Gasteiger charge is 2.36. The lowest BCUT2D eigenvalue weighted by Gasteiger charge is -2.14. The molecule has 0 unspecified atom stereocenters. The maximum atomic E-state index is 13.0. The van der Waals surface area contributed by atoms with Crippen molar-refractivity contribution < 1.29 is 31.7 Å². The van der Waals surface area contributed by atoms with E-state index >= 15 is 0 Å². The molecule has 9 nitrogen and oxygen atoms in total. The number of carbonyl (C=O) groups is 3. The molecule has 0 atom stereocenters. The SMILES string of the molecule is COc1cccc(/C=C2\SC(=O)N(CC(=O)Nc3ccccc3)C2=O)c1OS(=O)(=O)c1ccc(C)cc1. The van der Waals surface area contributed by atoms with Crippen molar-refractivity contribution in [2.45, 2.75) is 11.8 Å². The molecule has 0 bridgehead atoms. The third-order valence-corrected chi connectivity index (χ3v) is 7.39. The lowest BCUT2D eigenvalue weighted by atomic mass is 10.1. The minimum Gasteiger partial charge on any atom is -0.493 e. The van der Waals surface area contributed by atoms with Crippen LogP contribution in [0.5, 0.6) is 11.5 Å². The highest BCUT2D eigenvalue weighted by molar-refractivity contribution is 8.18. The van der Waals surface area contributed by atoms with Crippen LogP contribution in [0.2, 0.25) is 0 Å². The standard InChI is InChI=1S/C26H22N2O7S2/c1-17-11-13-20(14-12-17)37(32,33)35-24-18(7-6-10-21(24)34-2)15-22-25(30)28(26(31)36-22)16-23(29)27-19-8-4-3-5-9-19/h3-15H,16H2,1-2H3,(H,27,29)/b22-15-. The topological polar surface area (TPSA) is 119 Å². The second-order valence-corrected chi connectivity index (χ2v) is 10.5. The molecular weight excluding hydrogens is 516 g/mol. The molecule has 0 radical (unpaired) electrons. The molecule has 4 rings (SSSR count). The summed E-state index contributed by atoms with van der Waals surface area (Å²) in [5.41, 5.74) is 1.61. The number of nitrogens with zero attached hydrogens (tertiary/aromatic N) is 1. The molecular formula is C26H22N2O7S2. The van der Waals surface area contributed by atoms with Gasteiger partial charge in [-0.2, -0.15) is 8.42 Å². The van der Waals surface area contributed by atoms with Crippen molar-refractivity contribution in [1.29, 1.82) is 0 Å². The molecule has 3 aromatic rings. The number of anilines is 1. The van der Waals surface area contributed by atoms with Gasteiger partial charge in [0.2, 0.25) is 5.91 Å². The lowest BCUT2D eigenvalue weighted by Crippen LogP contribution is -2.36. The fourth-order valence-electron chi connectivity index (χ4n) is 3.40. The van der Waals surface area contributed by atoms with Gasteiger partial charge in [0.15, 0.2) is 11.5 Å². The summed E-state index contributed by atoms with van der Waals surface area (Å²) in [6.45, 7) is 1.36. The Bertz CT molecular complexity index is 1490. The number of aryl methyl sites for hydroxylation is 1. The number of hydrogen-bond acceptors (Lipinski definition) is 8. The minimum absolute atomic E-state index is 0.00310. The molecule has 190 valence electrons. The summed E-state index contributed by atoms with van der Waals surface area (Å²) < 4.78 is 36.6. The molecule has 1 N–H and O–H groups in total. The summed E-state index contributed by atoms with van der Waals surface area (Å²) in [6.07, 6.45) is 1.34. The first kappa shape index (κ1) is 26.0. The Morgan fingerprint density at radius 2 is 1.70 bits per heavy atom. The Morgan fingerprint density at radius 3 is 2.38 bits per heavy atom. The van der Waals surface area contributed by atoms with Crippen LogP contribution in [0.15, 0.2) is 82.6 Å². The van der Waals surface area contributed by atoms with Gasteiger partial charge in [0, 0.05) is 11.3 Å². The van der Waals surface area contributed by atoms with Crippen LogP contribution < -0.4 is 14.2 Å². The van der Waals surface area contributed by atoms with E-state index in [2.05, 4.69) is 5.32 Å². The predicted octanol–water partition coefficient (Wildman–Crippen LogP) is 4.45. The second-order valence-electron chi connectivity index (χ2n) is 7.91. The van der Waals surface area contributed by atoms with Gasteiger partial charge >= 0.3 is 10.1 Å². The number of imide groups is 1. The van der Waals surface area contributed by atoms with Crippen molar-refractivity contribution in [1.82, 2.24) is 4.90 Å². The molecule has 0 aromatic heterocycles. The van der Waals surface area contributed by atoms with Gasteiger partial charge in [-0.3, -0.25) is 19.3 Å². The molecule has 3 aromatic carbocycles. The fraction of sp³-hybridized carbons (Fsp3) is 0.115.